The van der Waals surface area contributed by atoms with Gasteiger partial charge in [0.1, 0.15) is 0 Å². The summed E-state index contributed by atoms with van der Waals surface area (Å²) < 4.78 is 38.7. The van der Waals surface area contributed by atoms with Crippen LogP contribution < -0.4 is 10.6 Å². The largest absolute Gasteiger partial charge is 0.416 e. The van der Waals surface area contributed by atoms with Crippen LogP contribution in [0, 0.1) is 6.92 Å². The van der Waals surface area contributed by atoms with Gasteiger partial charge in [-0.3, -0.25) is 0 Å². The van der Waals surface area contributed by atoms with E-state index in [0.29, 0.717) is 5.69 Å². The number of rotatable bonds is 2. The highest BCUT2D eigenvalue weighted by molar-refractivity contribution is 9.10. The van der Waals surface area contributed by atoms with E-state index in [1.165, 1.54) is 12.1 Å². The lowest BCUT2D eigenvalue weighted by Crippen LogP contribution is -2.19. The van der Waals surface area contributed by atoms with Gasteiger partial charge in [-0.15, -0.1) is 0 Å². The predicted octanol–water partition coefficient (Wildman–Crippen LogP) is 5.42. The third-order valence-electron chi connectivity index (χ3n) is 2.86. The second kappa shape index (κ2) is 6.39. The molecule has 22 heavy (non-hydrogen) atoms. The average molecular weight is 373 g/mol. The minimum atomic E-state index is -4.45. The summed E-state index contributed by atoms with van der Waals surface area (Å²) in [5, 5.41) is 4.94. The van der Waals surface area contributed by atoms with Crippen molar-refractivity contribution in [1.82, 2.24) is 0 Å². The molecule has 3 nitrogen and oxygen atoms in total. The topological polar surface area (TPSA) is 41.1 Å². The first kappa shape index (κ1) is 16.4. The van der Waals surface area contributed by atoms with Crippen molar-refractivity contribution in [2.24, 2.45) is 0 Å². The number of amides is 2. The Morgan fingerprint density at radius 1 is 1.05 bits per heavy atom. The fourth-order valence-electron chi connectivity index (χ4n) is 1.79. The molecule has 0 saturated carbocycles. The van der Waals surface area contributed by atoms with Gasteiger partial charge in [0.15, 0.2) is 0 Å². The van der Waals surface area contributed by atoms with E-state index in [0.717, 1.165) is 22.2 Å². The van der Waals surface area contributed by atoms with E-state index in [-0.39, 0.29) is 5.69 Å². The standard InChI is InChI=1S/C15H12BrF3N2O/c1-9-7-12(5-6-13(9)16)21-14(22)20-11-4-2-3-10(8-11)15(17,18)19/h2-8H,1H3,(H2,20,21,22). The Morgan fingerprint density at radius 3 is 2.27 bits per heavy atom. The maximum Gasteiger partial charge on any atom is 0.416 e. The number of hydrogen-bond donors (Lipinski definition) is 2. The minimum absolute atomic E-state index is 0.0705. The number of urea groups is 1. The number of alkyl halides is 3. The molecule has 7 heteroatoms. The Labute approximate surface area is 133 Å². The number of nitrogens with one attached hydrogen (secondary N) is 2. The van der Waals surface area contributed by atoms with Crippen LogP contribution in [0.3, 0.4) is 0 Å². The molecule has 2 N–H and O–H groups in total. The molecule has 2 rings (SSSR count). The lowest BCUT2D eigenvalue weighted by molar-refractivity contribution is -0.137. The molecule has 0 spiro atoms. The molecule has 0 saturated heterocycles. The Bertz CT molecular complexity index is 701. The van der Waals surface area contributed by atoms with Crippen molar-refractivity contribution in [2.45, 2.75) is 13.1 Å². The molecule has 0 fully saturated rings. The maximum absolute atomic E-state index is 12.6. The van der Waals surface area contributed by atoms with Crippen LogP contribution in [0.4, 0.5) is 29.3 Å². The van der Waals surface area contributed by atoms with E-state index in [4.69, 9.17) is 0 Å². The monoisotopic (exact) mass is 372 g/mol. The van der Waals surface area contributed by atoms with Crippen LogP contribution in [-0.4, -0.2) is 6.03 Å². The van der Waals surface area contributed by atoms with Crippen molar-refractivity contribution in [2.75, 3.05) is 10.6 Å². The molecule has 0 bridgehead atoms. The zero-order valence-electron chi connectivity index (χ0n) is 11.5. The lowest BCUT2D eigenvalue weighted by atomic mass is 10.2. The maximum atomic E-state index is 12.6. The molecule has 0 radical (unpaired) electrons. The molecule has 0 unspecified atom stereocenters. The second-order valence-electron chi connectivity index (χ2n) is 4.62. The summed E-state index contributed by atoms with van der Waals surface area (Å²) in [6.45, 7) is 1.86. The van der Waals surface area contributed by atoms with E-state index in [1.807, 2.05) is 6.92 Å². The smallest absolute Gasteiger partial charge is 0.308 e. The number of halogens is 4. The van der Waals surface area contributed by atoms with E-state index >= 15 is 0 Å². The molecule has 0 aliphatic carbocycles. The van der Waals surface area contributed by atoms with Gasteiger partial charge in [0.2, 0.25) is 0 Å². The van der Waals surface area contributed by atoms with Crippen LogP contribution >= 0.6 is 15.9 Å². The van der Waals surface area contributed by atoms with Gasteiger partial charge in [-0.2, -0.15) is 13.2 Å². The van der Waals surface area contributed by atoms with E-state index in [1.54, 1.807) is 18.2 Å². The van der Waals surface area contributed by atoms with Gasteiger partial charge >= 0.3 is 12.2 Å². The zero-order chi connectivity index (χ0) is 16.3. The minimum Gasteiger partial charge on any atom is -0.308 e. The molecular formula is C15H12BrF3N2O. The Kier molecular flexibility index (Phi) is 4.75. The lowest BCUT2D eigenvalue weighted by Gasteiger charge is -2.11. The number of aryl methyl sites for hydroxylation is 1. The SMILES string of the molecule is Cc1cc(NC(=O)Nc2cccc(C(F)(F)F)c2)ccc1Br. The van der Waals surface area contributed by atoms with Crippen molar-refractivity contribution in [3.63, 3.8) is 0 Å². The number of carbonyl (C=O) groups is 1. The molecule has 2 amide bonds. The molecule has 0 aromatic heterocycles. The predicted molar refractivity (Wildman–Crippen MR) is 83.0 cm³/mol. The van der Waals surface area contributed by atoms with Gasteiger partial charge in [0, 0.05) is 15.8 Å². The fraction of sp³-hybridized carbons (Fsp3) is 0.133. The highest BCUT2D eigenvalue weighted by atomic mass is 79.9. The van der Waals surface area contributed by atoms with Crippen molar-refractivity contribution in [3.05, 3.63) is 58.1 Å². The summed E-state index contributed by atoms with van der Waals surface area (Å²) in [7, 11) is 0. The summed E-state index contributed by atoms with van der Waals surface area (Å²) in [6.07, 6.45) is -4.45. The van der Waals surface area contributed by atoms with Crippen LogP contribution in [0.5, 0.6) is 0 Å². The summed E-state index contributed by atoms with van der Waals surface area (Å²) >= 11 is 3.34. The highest BCUT2D eigenvalue weighted by Crippen LogP contribution is 2.30. The second-order valence-corrected chi connectivity index (χ2v) is 5.48. The van der Waals surface area contributed by atoms with Gasteiger partial charge in [-0.1, -0.05) is 22.0 Å². The molecular weight excluding hydrogens is 361 g/mol. The molecule has 2 aromatic carbocycles. The summed E-state index contributed by atoms with van der Waals surface area (Å²) in [5.41, 5.74) is 0.730. The molecule has 116 valence electrons. The number of carbonyl (C=O) groups excluding carboxylic acids is 1. The van der Waals surface area contributed by atoms with E-state index < -0.39 is 17.8 Å². The quantitative estimate of drug-likeness (QED) is 0.725. The molecule has 0 aliphatic rings. The first-order valence-electron chi connectivity index (χ1n) is 6.27. The third kappa shape index (κ3) is 4.24. The van der Waals surface area contributed by atoms with Gasteiger partial charge in [0.05, 0.1) is 5.56 Å². The van der Waals surface area contributed by atoms with E-state index in [9.17, 15) is 18.0 Å². The van der Waals surface area contributed by atoms with Crippen LogP contribution in [0.1, 0.15) is 11.1 Å². The van der Waals surface area contributed by atoms with Crippen LogP contribution in [0.15, 0.2) is 46.9 Å². The van der Waals surface area contributed by atoms with Crippen molar-refractivity contribution >= 4 is 33.3 Å². The Morgan fingerprint density at radius 2 is 1.68 bits per heavy atom. The Balaban J connectivity index is 2.07. The molecule has 0 atom stereocenters. The van der Waals surface area contributed by atoms with Crippen LogP contribution in [0.2, 0.25) is 0 Å². The van der Waals surface area contributed by atoms with Crippen molar-refractivity contribution < 1.29 is 18.0 Å². The first-order valence-corrected chi connectivity index (χ1v) is 7.06. The van der Waals surface area contributed by atoms with Gasteiger partial charge in [-0.25, -0.2) is 4.79 Å². The van der Waals surface area contributed by atoms with Crippen LogP contribution in [-0.2, 0) is 6.18 Å². The van der Waals surface area contributed by atoms with Crippen LogP contribution in [0.25, 0.3) is 0 Å². The van der Waals surface area contributed by atoms with E-state index in [2.05, 4.69) is 26.6 Å². The number of anilines is 2. The molecule has 0 aliphatic heterocycles. The van der Waals surface area contributed by atoms with Gasteiger partial charge < -0.3 is 10.6 Å². The first-order chi connectivity index (χ1) is 10.3. The number of benzene rings is 2. The fourth-order valence-corrected chi connectivity index (χ4v) is 2.04. The van der Waals surface area contributed by atoms with Gasteiger partial charge in [0.25, 0.3) is 0 Å². The third-order valence-corrected chi connectivity index (χ3v) is 3.75. The number of hydrogen-bond acceptors (Lipinski definition) is 1. The van der Waals surface area contributed by atoms with Crippen molar-refractivity contribution in [1.29, 1.82) is 0 Å². The molecule has 0 heterocycles. The zero-order valence-corrected chi connectivity index (χ0v) is 13.0. The van der Waals surface area contributed by atoms with Crippen molar-refractivity contribution in [3.8, 4) is 0 Å². The van der Waals surface area contributed by atoms with Gasteiger partial charge in [-0.05, 0) is 48.9 Å². The Hall–Kier alpha value is -2.02. The summed E-state index contributed by atoms with van der Waals surface area (Å²) in [5.74, 6) is 0. The normalized spacial score (nSPS) is 11.1. The summed E-state index contributed by atoms with van der Waals surface area (Å²) in [4.78, 5) is 11.8. The average Bonchev–Trinajstić information content (AvgIpc) is 2.42. The highest BCUT2D eigenvalue weighted by Gasteiger charge is 2.30. The molecule has 2 aromatic rings. The summed E-state index contributed by atoms with van der Waals surface area (Å²) in [6, 6.07) is 9.05.